The number of hydrogen-bond acceptors (Lipinski definition) is 2. The third-order valence-corrected chi connectivity index (χ3v) is 2.79. The molecule has 0 bridgehead atoms. The lowest BCUT2D eigenvalue weighted by Crippen LogP contribution is -2.46. The molecule has 0 spiro atoms. The third kappa shape index (κ3) is 5.97. The van der Waals surface area contributed by atoms with Gasteiger partial charge in [-0.05, 0) is 20.3 Å². The molecule has 0 amide bonds. The molecule has 0 radical (unpaired) electrons. The first-order valence-electron chi connectivity index (χ1n) is 4.19. The van der Waals surface area contributed by atoms with Gasteiger partial charge in [0.2, 0.25) is 3.79 Å². The lowest BCUT2D eigenvalue weighted by molar-refractivity contribution is 0.161. The first-order chi connectivity index (χ1) is 5.69. The summed E-state index contributed by atoms with van der Waals surface area (Å²) in [4.78, 5) is 0. The molecule has 0 fully saturated rings. The van der Waals surface area contributed by atoms with Crippen LogP contribution in [-0.2, 0) is 0 Å². The Morgan fingerprint density at radius 3 is 2.08 bits per heavy atom. The maximum atomic E-state index is 9.39. The van der Waals surface area contributed by atoms with Crippen molar-refractivity contribution in [1.29, 1.82) is 0 Å². The first-order valence-corrected chi connectivity index (χ1v) is 5.32. The van der Waals surface area contributed by atoms with Crippen LogP contribution in [0.2, 0.25) is 0 Å². The van der Waals surface area contributed by atoms with E-state index in [4.69, 9.17) is 34.8 Å². The molecular weight excluding hydrogens is 232 g/mol. The van der Waals surface area contributed by atoms with Crippen LogP contribution in [-0.4, -0.2) is 27.1 Å². The predicted octanol–water partition coefficient (Wildman–Crippen LogP) is 2.50. The van der Waals surface area contributed by atoms with Crippen LogP contribution in [0.25, 0.3) is 0 Å². The minimum Gasteiger partial charge on any atom is -0.387 e. The molecule has 0 saturated heterocycles. The zero-order valence-corrected chi connectivity index (χ0v) is 10.3. The van der Waals surface area contributed by atoms with E-state index in [0.29, 0.717) is 0 Å². The Balaban J connectivity index is 3.90. The predicted molar refractivity (Wildman–Crippen MR) is 58.7 cm³/mol. The molecule has 0 rings (SSSR count). The Hall–Kier alpha value is 0.790. The van der Waals surface area contributed by atoms with Crippen molar-refractivity contribution in [2.75, 3.05) is 6.54 Å². The van der Waals surface area contributed by atoms with E-state index in [1.54, 1.807) is 0 Å². The summed E-state index contributed by atoms with van der Waals surface area (Å²) in [6, 6.07) is 0. The number of rotatable bonds is 4. The molecule has 2 N–H and O–H groups in total. The standard InChI is InChI=1S/C8H16Cl3NO/c1-4-7(2,3)12-5-6(13)8(9,10)11/h6,12-13H,4-5H2,1-3H3. The van der Waals surface area contributed by atoms with Crippen LogP contribution in [0.5, 0.6) is 0 Å². The number of halogens is 3. The molecule has 2 nitrogen and oxygen atoms in total. The SMILES string of the molecule is CCC(C)(C)NCC(O)C(Cl)(Cl)Cl. The maximum Gasteiger partial charge on any atom is 0.217 e. The Bertz CT molecular complexity index is 156. The lowest BCUT2D eigenvalue weighted by Gasteiger charge is -2.28. The van der Waals surface area contributed by atoms with Gasteiger partial charge in [0.05, 0.1) is 0 Å². The second-order valence-electron chi connectivity index (χ2n) is 3.68. The van der Waals surface area contributed by atoms with Crippen molar-refractivity contribution in [3.63, 3.8) is 0 Å². The third-order valence-electron chi connectivity index (χ3n) is 2.04. The van der Waals surface area contributed by atoms with E-state index in [0.717, 1.165) is 6.42 Å². The lowest BCUT2D eigenvalue weighted by atomic mass is 10.0. The summed E-state index contributed by atoms with van der Waals surface area (Å²) in [6.45, 7) is 6.38. The minimum absolute atomic E-state index is 0.0447. The average Bonchev–Trinajstić information content (AvgIpc) is 1.98. The molecule has 0 aromatic rings. The smallest absolute Gasteiger partial charge is 0.217 e. The van der Waals surface area contributed by atoms with Crippen LogP contribution < -0.4 is 5.32 Å². The average molecular weight is 249 g/mol. The zero-order valence-electron chi connectivity index (χ0n) is 8.07. The normalized spacial score (nSPS) is 15.9. The van der Waals surface area contributed by atoms with Gasteiger partial charge < -0.3 is 10.4 Å². The van der Waals surface area contributed by atoms with E-state index in [1.165, 1.54) is 0 Å². The summed E-state index contributed by atoms with van der Waals surface area (Å²) in [7, 11) is 0. The van der Waals surface area contributed by atoms with Crippen molar-refractivity contribution in [1.82, 2.24) is 5.32 Å². The quantitative estimate of drug-likeness (QED) is 0.749. The number of β-amino-alcohol motifs (C(OH)–C–C–N with tert-alkyl or cyclic N) is 1. The first kappa shape index (κ1) is 13.8. The van der Waals surface area contributed by atoms with Crippen LogP contribution in [0.1, 0.15) is 27.2 Å². The van der Waals surface area contributed by atoms with Gasteiger partial charge in [-0.15, -0.1) is 0 Å². The summed E-state index contributed by atoms with van der Waals surface area (Å²) < 4.78 is -1.61. The Labute approximate surface area is 94.5 Å². The second-order valence-corrected chi connectivity index (χ2v) is 6.04. The van der Waals surface area contributed by atoms with E-state index >= 15 is 0 Å². The highest BCUT2D eigenvalue weighted by Gasteiger charge is 2.31. The Morgan fingerprint density at radius 1 is 1.31 bits per heavy atom. The maximum absolute atomic E-state index is 9.39. The van der Waals surface area contributed by atoms with Gasteiger partial charge in [-0.25, -0.2) is 0 Å². The fourth-order valence-corrected chi connectivity index (χ4v) is 0.845. The highest BCUT2D eigenvalue weighted by Crippen LogP contribution is 2.30. The number of hydrogen-bond donors (Lipinski definition) is 2. The van der Waals surface area contributed by atoms with Gasteiger partial charge in [0.25, 0.3) is 0 Å². The molecule has 0 aromatic heterocycles. The van der Waals surface area contributed by atoms with Crippen molar-refractivity contribution < 1.29 is 5.11 Å². The fraction of sp³-hybridized carbons (Fsp3) is 1.00. The summed E-state index contributed by atoms with van der Waals surface area (Å²) in [5.74, 6) is 0. The molecule has 13 heavy (non-hydrogen) atoms. The van der Waals surface area contributed by atoms with Crippen molar-refractivity contribution in [3.05, 3.63) is 0 Å². The zero-order chi connectivity index (χ0) is 10.7. The number of aliphatic hydroxyl groups is 1. The molecule has 1 atom stereocenters. The summed E-state index contributed by atoms with van der Waals surface area (Å²) in [6.07, 6.45) is -0.0390. The molecule has 80 valence electrons. The minimum atomic E-state index is -1.61. The van der Waals surface area contributed by atoms with Crippen molar-refractivity contribution >= 4 is 34.8 Å². The van der Waals surface area contributed by atoms with Gasteiger partial charge in [0, 0.05) is 12.1 Å². The summed E-state index contributed by atoms with van der Waals surface area (Å²) >= 11 is 16.5. The van der Waals surface area contributed by atoms with Gasteiger partial charge in [0.1, 0.15) is 6.10 Å². The number of aliphatic hydroxyl groups excluding tert-OH is 1. The van der Waals surface area contributed by atoms with Gasteiger partial charge in [-0.3, -0.25) is 0 Å². The van der Waals surface area contributed by atoms with E-state index in [2.05, 4.69) is 12.2 Å². The molecule has 5 heteroatoms. The van der Waals surface area contributed by atoms with Crippen molar-refractivity contribution in [2.45, 2.75) is 42.6 Å². The van der Waals surface area contributed by atoms with Crippen molar-refractivity contribution in [2.24, 2.45) is 0 Å². The highest BCUT2D eigenvalue weighted by molar-refractivity contribution is 6.68. The molecule has 0 aromatic carbocycles. The molecule has 1 unspecified atom stereocenters. The molecule has 0 aliphatic rings. The molecule has 0 aliphatic carbocycles. The van der Waals surface area contributed by atoms with E-state index in [-0.39, 0.29) is 12.1 Å². The molecule has 0 saturated carbocycles. The molecule has 0 heterocycles. The number of nitrogens with one attached hydrogen (secondary N) is 1. The molecular formula is C8H16Cl3NO. The van der Waals surface area contributed by atoms with E-state index in [1.807, 2.05) is 13.8 Å². The summed E-state index contributed by atoms with van der Waals surface area (Å²) in [5, 5.41) is 12.5. The van der Waals surface area contributed by atoms with Gasteiger partial charge in [0.15, 0.2) is 0 Å². The van der Waals surface area contributed by atoms with E-state index in [9.17, 15) is 5.11 Å². The van der Waals surface area contributed by atoms with Crippen molar-refractivity contribution in [3.8, 4) is 0 Å². The number of alkyl halides is 3. The van der Waals surface area contributed by atoms with Gasteiger partial charge in [-0.2, -0.15) is 0 Å². The van der Waals surface area contributed by atoms with Crippen LogP contribution in [0, 0.1) is 0 Å². The molecule has 0 aliphatic heterocycles. The fourth-order valence-electron chi connectivity index (χ4n) is 0.614. The van der Waals surface area contributed by atoms with E-state index < -0.39 is 9.90 Å². The Morgan fingerprint density at radius 2 is 1.77 bits per heavy atom. The van der Waals surface area contributed by atoms with Crippen LogP contribution >= 0.6 is 34.8 Å². The Kier molecular flexibility index (Phi) is 5.34. The van der Waals surface area contributed by atoms with Crippen LogP contribution in [0.4, 0.5) is 0 Å². The second kappa shape index (κ2) is 5.04. The van der Waals surface area contributed by atoms with Crippen LogP contribution in [0.3, 0.4) is 0 Å². The van der Waals surface area contributed by atoms with Crippen LogP contribution in [0.15, 0.2) is 0 Å². The monoisotopic (exact) mass is 247 g/mol. The van der Waals surface area contributed by atoms with Gasteiger partial charge in [-0.1, -0.05) is 41.7 Å². The topological polar surface area (TPSA) is 32.3 Å². The highest BCUT2D eigenvalue weighted by atomic mass is 35.6. The van der Waals surface area contributed by atoms with Gasteiger partial charge >= 0.3 is 0 Å². The largest absolute Gasteiger partial charge is 0.387 e. The summed E-state index contributed by atoms with van der Waals surface area (Å²) in [5.41, 5.74) is -0.0447.